The van der Waals surface area contributed by atoms with Gasteiger partial charge in [0.2, 0.25) is 5.91 Å². The summed E-state index contributed by atoms with van der Waals surface area (Å²) in [5.41, 5.74) is 5.37. The summed E-state index contributed by atoms with van der Waals surface area (Å²) >= 11 is 0. The number of amides is 1. The number of nitrogens with two attached hydrogens (primary N) is 1. The molecule has 2 rings (SSSR count). The first-order valence-corrected chi connectivity index (χ1v) is 8.82. The predicted octanol–water partition coefficient (Wildman–Crippen LogP) is 1.80. The van der Waals surface area contributed by atoms with Crippen LogP contribution in [0.15, 0.2) is 24.3 Å². The summed E-state index contributed by atoms with van der Waals surface area (Å²) in [5, 5.41) is 3.40. The van der Waals surface area contributed by atoms with Crippen molar-refractivity contribution in [1.82, 2.24) is 10.2 Å². The Labute approximate surface area is 151 Å². The zero-order valence-corrected chi connectivity index (χ0v) is 14.7. The molecule has 3 N–H and O–H groups in total. The number of halogens is 3. The lowest BCUT2D eigenvalue weighted by molar-refractivity contribution is -0.137. The Bertz CT molecular complexity index is 558. The Morgan fingerprint density at radius 1 is 1.23 bits per heavy atom. The van der Waals surface area contributed by atoms with Crippen molar-refractivity contribution in [3.05, 3.63) is 35.4 Å². The summed E-state index contributed by atoms with van der Waals surface area (Å²) in [6, 6.07) is 5.15. The molecule has 5 nitrogen and oxygen atoms in total. The second-order valence-electron chi connectivity index (χ2n) is 6.51. The lowest BCUT2D eigenvalue weighted by Gasteiger charge is -2.27. The summed E-state index contributed by atoms with van der Waals surface area (Å²) in [7, 11) is 0. The molecule has 146 valence electrons. The number of alkyl halides is 3. The molecule has 0 aliphatic carbocycles. The van der Waals surface area contributed by atoms with Gasteiger partial charge in [0, 0.05) is 38.6 Å². The van der Waals surface area contributed by atoms with Gasteiger partial charge in [-0.3, -0.25) is 9.69 Å². The Balaban J connectivity index is 1.87. The quantitative estimate of drug-likeness (QED) is 0.693. The van der Waals surface area contributed by atoms with Gasteiger partial charge in [-0.15, -0.1) is 0 Å². The van der Waals surface area contributed by atoms with Gasteiger partial charge in [0.1, 0.15) is 0 Å². The van der Waals surface area contributed by atoms with Crippen LogP contribution in [0.4, 0.5) is 13.2 Å². The average molecular weight is 373 g/mol. The van der Waals surface area contributed by atoms with Crippen molar-refractivity contribution in [3.63, 3.8) is 0 Å². The fourth-order valence-electron chi connectivity index (χ4n) is 2.96. The standard InChI is InChI=1S/C18H26F3N3O2/c19-18(20,21)15-3-1-14(2-4-15)13-16(5-6-17(22)25)23-7-8-24-9-11-26-12-10-24/h1-4,16,23H,5-13H2,(H2,22,25)/t16-/m0/s1. The Morgan fingerprint density at radius 2 is 1.88 bits per heavy atom. The number of nitrogens with one attached hydrogen (secondary N) is 1. The molecule has 1 amide bonds. The van der Waals surface area contributed by atoms with Crippen LogP contribution >= 0.6 is 0 Å². The van der Waals surface area contributed by atoms with Gasteiger partial charge >= 0.3 is 6.18 Å². The number of morpholine rings is 1. The zero-order valence-electron chi connectivity index (χ0n) is 14.7. The molecule has 1 aliphatic heterocycles. The summed E-state index contributed by atoms with van der Waals surface area (Å²) in [4.78, 5) is 13.4. The van der Waals surface area contributed by atoms with E-state index >= 15 is 0 Å². The van der Waals surface area contributed by atoms with Crippen molar-refractivity contribution < 1.29 is 22.7 Å². The second kappa shape index (κ2) is 9.89. The van der Waals surface area contributed by atoms with E-state index in [-0.39, 0.29) is 18.4 Å². The van der Waals surface area contributed by atoms with Crippen LogP contribution in [0, 0.1) is 0 Å². The fraction of sp³-hybridized carbons (Fsp3) is 0.611. The van der Waals surface area contributed by atoms with Gasteiger partial charge in [0.25, 0.3) is 0 Å². The SMILES string of the molecule is NC(=O)CC[C@@H](Cc1ccc(C(F)(F)F)cc1)NCCN1CCOCC1. The van der Waals surface area contributed by atoms with Crippen molar-refractivity contribution in [1.29, 1.82) is 0 Å². The molecular weight excluding hydrogens is 347 g/mol. The fourth-order valence-corrected chi connectivity index (χ4v) is 2.96. The van der Waals surface area contributed by atoms with E-state index in [1.165, 1.54) is 12.1 Å². The van der Waals surface area contributed by atoms with Crippen molar-refractivity contribution in [2.24, 2.45) is 5.73 Å². The largest absolute Gasteiger partial charge is 0.416 e. The third kappa shape index (κ3) is 7.31. The Morgan fingerprint density at radius 3 is 2.46 bits per heavy atom. The van der Waals surface area contributed by atoms with E-state index < -0.39 is 11.7 Å². The van der Waals surface area contributed by atoms with Crippen molar-refractivity contribution in [2.75, 3.05) is 39.4 Å². The lowest BCUT2D eigenvalue weighted by Crippen LogP contribution is -2.43. The highest BCUT2D eigenvalue weighted by Gasteiger charge is 2.30. The molecular formula is C18H26F3N3O2. The maximum atomic E-state index is 12.7. The highest BCUT2D eigenvalue weighted by atomic mass is 19.4. The van der Waals surface area contributed by atoms with E-state index in [1.807, 2.05) is 0 Å². The number of carbonyl (C=O) groups is 1. The third-order valence-electron chi connectivity index (χ3n) is 4.47. The molecule has 0 spiro atoms. The second-order valence-corrected chi connectivity index (χ2v) is 6.51. The minimum Gasteiger partial charge on any atom is -0.379 e. The number of hydrogen-bond donors (Lipinski definition) is 2. The lowest BCUT2D eigenvalue weighted by atomic mass is 10.0. The Hall–Kier alpha value is -1.64. The number of primary amides is 1. The monoisotopic (exact) mass is 373 g/mol. The van der Waals surface area contributed by atoms with E-state index in [2.05, 4.69) is 10.2 Å². The van der Waals surface area contributed by atoms with Crippen LogP contribution in [0.25, 0.3) is 0 Å². The number of hydrogen-bond acceptors (Lipinski definition) is 4. The highest BCUT2D eigenvalue weighted by Crippen LogP contribution is 2.29. The summed E-state index contributed by atoms with van der Waals surface area (Å²) in [5.74, 6) is -0.377. The number of rotatable bonds is 9. The summed E-state index contributed by atoms with van der Waals surface area (Å²) < 4.78 is 43.3. The van der Waals surface area contributed by atoms with Crippen LogP contribution in [0.3, 0.4) is 0 Å². The topological polar surface area (TPSA) is 67.6 Å². The predicted molar refractivity (Wildman–Crippen MR) is 92.6 cm³/mol. The molecule has 0 saturated carbocycles. The van der Waals surface area contributed by atoms with Gasteiger partial charge in [0.05, 0.1) is 18.8 Å². The van der Waals surface area contributed by atoms with Gasteiger partial charge in [-0.2, -0.15) is 13.2 Å². The van der Waals surface area contributed by atoms with Crippen LogP contribution in [-0.2, 0) is 22.1 Å². The first kappa shape index (κ1) is 20.7. The smallest absolute Gasteiger partial charge is 0.379 e. The summed E-state index contributed by atoms with van der Waals surface area (Å²) in [6.07, 6.45) is -2.98. The summed E-state index contributed by atoms with van der Waals surface area (Å²) in [6.45, 7) is 4.86. The zero-order chi connectivity index (χ0) is 19.0. The molecule has 1 saturated heterocycles. The molecule has 1 aromatic carbocycles. The van der Waals surface area contributed by atoms with Crippen LogP contribution in [-0.4, -0.2) is 56.2 Å². The molecule has 1 atom stereocenters. The van der Waals surface area contributed by atoms with Crippen LogP contribution in [0.5, 0.6) is 0 Å². The minimum absolute atomic E-state index is 0.0136. The minimum atomic E-state index is -4.33. The first-order chi connectivity index (χ1) is 12.3. The molecule has 0 aromatic heterocycles. The molecule has 0 unspecified atom stereocenters. The van der Waals surface area contributed by atoms with Gasteiger partial charge in [-0.25, -0.2) is 0 Å². The van der Waals surface area contributed by atoms with Gasteiger partial charge in [-0.05, 0) is 30.5 Å². The molecule has 1 fully saturated rings. The van der Waals surface area contributed by atoms with Crippen LogP contribution < -0.4 is 11.1 Å². The van der Waals surface area contributed by atoms with E-state index in [4.69, 9.17) is 10.5 Å². The van der Waals surface area contributed by atoms with Crippen LogP contribution in [0.1, 0.15) is 24.0 Å². The maximum absolute atomic E-state index is 12.7. The van der Waals surface area contributed by atoms with Gasteiger partial charge in [0.15, 0.2) is 0 Å². The molecule has 8 heteroatoms. The van der Waals surface area contributed by atoms with E-state index in [9.17, 15) is 18.0 Å². The molecule has 26 heavy (non-hydrogen) atoms. The third-order valence-corrected chi connectivity index (χ3v) is 4.47. The van der Waals surface area contributed by atoms with Crippen molar-refractivity contribution >= 4 is 5.91 Å². The highest BCUT2D eigenvalue weighted by molar-refractivity contribution is 5.73. The molecule has 1 aromatic rings. The van der Waals surface area contributed by atoms with Gasteiger partial charge < -0.3 is 15.8 Å². The number of ether oxygens (including phenoxy) is 1. The molecule has 1 heterocycles. The molecule has 0 radical (unpaired) electrons. The Kier molecular flexibility index (Phi) is 7.86. The normalized spacial score (nSPS) is 17.2. The van der Waals surface area contributed by atoms with Crippen LogP contribution in [0.2, 0.25) is 0 Å². The van der Waals surface area contributed by atoms with Crippen molar-refractivity contribution in [3.8, 4) is 0 Å². The van der Waals surface area contributed by atoms with Gasteiger partial charge in [-0.1, -0.05) is 12.1 Å². The number of benzene rings is 1. The molecule has 0 bridgehead atoms. The van der Waals surface area contributed by atoms with E-state index in [1.54, 1.807) is 0 Å². The van der Waals surface area contributed by atoms with E-state index in [0.717, 1.165) is 57.1 Å². The number of nitrogens with zero attached hydrogens (tertiary/aromatic N) is 1. The number of carbonyl (C=O) groups excluding carboxylic acids is 1. The maximum Gasteiger partial charge on any atom is 0.416 e. The molecule has 1 aliphatic rings. The first-order valence-electron chi connectivity index (χ1n) is 8.82. The average Bonchev–Trinajstić information content (AvgIpc) is 2.60. The van der Waals surface area contributed by atoms with E-state index in [0.29, 0.717) is 12.8 Å². The van der Waals surface area contributed by atoms with Crippen molar-refractivity contribution in [2.45, 2.75) is 31.5 Å².